The molecule has 4 aliphatic rings. The van der Waals surface area contributed by atoms with E-state index in [9.17, 15) is 10.2 Å². The first-order valence-electron chi connectivity index (χ1n) is 11.8. The molecule has 4 fully saturated rings. The van der Waals surface area contributed by atoms with Crippen LogP contribution in [0.1, 0.15) is 84.5 Å². The molecule has 0 saturated heterocycles. The predicted molar refractivity (Wildman–Crippen MR) is 110 cm³/mol. The molecular formula is C23H42N2O3. The Kier molecular flexibility index (Phi) is 5.87. The van der Waals surface area contributed by atoms with Gasteiger partial charge in [-0.1, -0.05) is 13.8 Å². The van der Waals surface area contributed by atoms with Gasteiger partial charge in [-0.25, -0.2) is 0 Å². The van der Waals surface area contributed by atoms with Gasteiger partial charge in [-0.15, -0.1) is 0 Å². The number of unbranched alkanes of at least 4 members (excludes halogenated alkanes) is 1. The fourth-order valence-electron chi connectivity index (χ4n) is 7.87. The van der Waals surface area contributed by atoms with Gasteiger partial charge in [0.2, 0.25) is 0 Å². The Balaban J connectivity index is 1.47. The maximum Gasteiger partial charge on any atom is 0.0748 e. The quantitative estimate of drug-likeness (QED) is 0.411. The van der Waals surface area contributed by atoms with Crippen LogP contribution in [0.2, 0.25) is 0 Å². The van der Waals surface area contributed by atoms with Crippen LogP contribution in [-0.2, 0) is 4.84 Å². The second-order valence-electron chi connectivity index (χ2n) is 10.9. The van der Waals surface area contributed by atoms with Crippen molar-refractivity contribution in [1.82, 2.24) is 5.48 Å². The number of hydrogen-bond acceptors (Lipinski definition) is 5. The highest BCUT2D eigenvalue weighted by atomic mass is 16.6. The lowest BCUT2D eigenvalue weighted by molar-refractivity contribution is -0.211. The van der Waals surface area contributed by atoms with E-state index in [1.165, 1.54) is 12.8 Å². The van der Waals surface area contributed by atoms with Crippen molar-refractivity contribution in [1.29, 1.82) is 0 Å². The minimum Gasteiger partial charge on any atom is -0.393 e. The molecule has 0 unspecified atom stereocenters. The van der Waals surface area contributed by atoms with Crippen LogP contribution in [0.25, 0.3) is 0 Å². The van der Waals surface area contributed by atoms with Gasteiger partial charge in [0.15, 0.2) is 0 Å². The molecule has 0 aromatic carbocycles. The van der Waals surface area contributed by atoms with Crippen molar-refractivity contribution in [3.63, 3.8) is 0 Å². The summed E-state index contributed by atoms with van der Waals surface area (Å²) in [5.74, 6) is 1.62. The molecule has 4 aliphatic carbocycles. The number of nitrogens with one attached hydrogen (secondary N) is 1. The van der Waals surface area contributed by atoms with Crippen molar-refractivity contribution in [3.8, 4) is 0 Å². The molecule has 0 aromatic rings. The van der Waals surface area contributed by atoms with Gasteiger partial charge in [0.1, 0.15) is 0 Å². The van der Waals surface area contributed by atoms with E-state index in [1.54, 1.807) is 0 Å². The van der Waals surface area contributed by atoms with E-state index < -0.39 is 5.60 Å². The number of rotatable bonds is 6. The van der Waals surface area contributed by atoms with Crippen LogP contribution in [0.15, 0.2) is 0 Å². The first-order chi connectivity index (χ1) is 13.3. The van der Waals surface area contributed by atoms with E-state index in [4.69, 9.17) is 10.6 Å². The molecule has 4 saturated carbocycles. The van der Waals surface area contributed by atoms with Crippen molar-refractivity contribution in [2.45, 2.75) is 102 Å². The highest BCUT2D eigenvalue weighted by molar-refractivity contribution is 5.18. The van der Waals surface area contributed by atoms with Crippen LogP contribution in [0.3, 0.4) is 0 Å². The van der Waals surface area contributed by atoms with E-state index in [0.29, 0.717) is 36.3 Å². The lowest BCUT2D eigenvalue weighted by Crippen LogP contribution is -2.64. The number of aliphatic hydroxyl groups excluding tert-OH is 1. The zero-order valence-electron chi connectivity index (χ0n) is 18.0. The number of nitrogens with two attached hydrogens (primary N) is 1. The highest BCUT2D eigenvalue weighted by Gasteiger charge is 2.67. The Labute approximate surface area is 170 Å². The van der Waals surface area contributed by atoms with E-state index in [1.807, 2.05) is 0 Å². The first kappa shape index (κ1) is 21.0. The molecule has 0 bridgehead atoms. The summed E-state index contributed by atoms with van der Waals surface area (Å²) in [5, 5.41) is 22.3. The number of aliphatic hydroxyl groups is 2. The molecule has 0 heterocycles. The summed E-state index contributed by atoms with van der Waals surface area (Å²) in [5.41, 5.74) is 8.50. The van der Waals surface area contributed by atoms with Gasteiger partial charge in [-0.05, 0) is 100 Å². The molecule has 5 nitrogen and oxygen atoms in total. The third-order valence-electron chi connectivity index (χ3n) is 9.75. The number of hydrogen-bond donors (Lipinski definition) is 4. The Bertz CT molecular complexity index is 560. The van der Waals surface area contributed by atoms with Gasteiger partial charge in [-0.2, -0.15) is 5.48 Å². The molecule has 0 amide bonds. The Hall–Kier alpha value is -0.200. The van der Waals surface area contributed by atoms with Gasteiger partial charge < -0.3 is 20.8 Å². The minimum absolute atomic E-state index is 0.108. The second-order valence-corrected chi connectivity index (χ2v) is 10.9. The molecular weight excluding hydrogens is 352 g/mol. The van der Waals surface area contributed by atoms with Crippen molar-refractivity contribution in [2.24, 2.45) is 34.3 Å². The average Bonchev–Trinajstić information content (AvgIpc) is 2.93. The van der Waals surface area contributed by atoms with Gasteiger partial charge in [-0.3, -0.25) is 0 Å². The minimum atomic E-state index is -0.585. The summed E-state index contributed by atoms with van der Waals surface area (Å²) in [7, 11) is 0. The molecule has 0 aliphatic heterocycles. The van der Waals surface area contributed by atoms with Crippen LogP contribution < -0.4 is 11.2 Å². The SMILES string of the molecule is C[C@]12CC[C@H](O)C[C@H]1CC[C@@H]1[C@@H]2CC[C@]2(C)[C@@H](NOCCCCN)CC[C@]12O. The van der Waals surface area contributed by atoms with E-state index in [2.05, 4.69) is 19.3 Å². The molecule has 5 N–H and O–H groups in total. The third-order valence-corrected chi connectivity index (χ3v) is 9.75. The third kappa shape index (κ3) is 3.17. The smallest absolute Gasteiger partial charge is 0.0748 e. The molecule has 0 radical (unpaired) electrons. The maximum atomic E-state index is 12.1. The van der Waals surface area contributed by atoms with Crippen molar-refractivity contribution in [3.05, 3.63) is 0 Å². The summed E-state index contributed by atoms with van der Waals surface area (Å²) < 4.78 is 0. The van der Waals surface area contributed by atoms with Crippen LogP contribution >= 0.6 is 0 Å². The van der Waals surface area contributed by atoms with Crippen molar-refractivity contribution < 1.29 is 15.1 Å². The van der Waals surface area contributed by atoms with Crippen molar-refractivity contribution in [2.75, 3.05) is 13.2 Å². The van der Waals surface area contributed by atoms with Crippen LogP contribution in [-0.4, -0.2) is 41.1 Å². The van der Waals surface area contributed by atoms with Gasteiger partial charge in [0, 0.05) is 11.5 Å². The summed E-state index contributed by atoms with van der Waals surface area (Å²) in [6, 6.07) is 0.232. The summed E-state index contributed by atoms with van der Waals surface area (Å²) in [6.07, 6.45) is 11.3. The number of hydroxylamine groups is 1. The van der Waals surface area contributed by atoms with Gasteiger partial charge in [0.05, 0.1) is 18.3 Å². The molecule has 28 heavy (non-hydrogen) atoms. The Morgan fingerprint density at radius 2 is 1.82 bits per heavy atom. The van der Waals surface area contributed by atoms with E-state index in [-0.39, 0.29) is 17.6 Å². The summed E-state index contributed by atoms with van der Waals surface area (Å²) >= 11 is 0. The Morgan fingerprint density at radius 3 is 2.61 bits per heavy atom. The lowest BCUT2D eigenvalue weighted by Gasteiger charge is -2.63. The molecule has 8 atom stereocenters. The average molecular weight is 395 g/mol. The van der Waals surface area contributed by atoms with Gasteiger partial charge >= 0.3 is 0 Å². The van der Waals surface area contributed by atoms with Crippen LogP contribution in [0, 0.1) is 28.6 Å². The van der Waals surface area contributed by atoms with Gasteiger partial charge in [0.25, 0.3) is 0 Å². The van der Waals surface area contributed by atoms with E-state index in [0.717, 1.165) is 57.8 Å². The standard InChI is InChI=1S/C23H42N2O3/c1-21-10-7-17(26)15-16(21)5-6-19-18(21)8-11-22(2)20(9-12-23(19,22)27)25-28-14-4-3-13-24/h16-20,25-27H,3-15,24H2,1-2H3/t16-,17+,18+,19-,20+,21+,22-,23+/m1/s1. The van der Waals surface area contributed by atoms with Crippen LogP contribution in [0.4, 0.5) is 0 Å². The largest absolute Gasteiger partial charge is 0.393 e. The van der Waals surface area contributed by atoms with Crippen molar-refractivity contribution >= 4 is 0 Å². The lowest BCUT2D eigenvalue weighted by atomic mass is 9.43. The molecule has 4 rings (SSSR count). The van der Waals surface area contributed by atoms with E-state index >= 15 is 0 Å². The normalized spacial score (nSPS) is 50.7. The molecule has 5 heteroatoms. The monoisotopic (exact) mass is 394 g/mol. The fourth-order valence-corrected chi connectivity index (χ4v) is 7.87. The Morgan fingerprint density at radius 1 is 1.00 bits per heavy atom. The molecule has 0 spiro atoms. The summed E-state index contributed by atoms with van der Waals surface area (Å²) in [4.78, 5) is 5.79. The molecule has 162 valence electrons. The zero-order valence-corrected chi connectivity index (χ0v) is 18.0. The number of fused-ring (bicyclic) bond motifs is 5. The summed E-state index contributed by atoms with van der Waals surface area (Å²) in [6.45, 7) is 6.17. The van der Waals surface area contributed by atoms with Crippen LogP contribution in [0.5, 0.6) is 0 Å². The zero-order chi connectivity index (χ0) is 20.0. The second kappa shape index (κ2) is 7.81. The highest BCUT2D eigenvalue weighted by Crippen LogP contribution is 2.67. The predicted octanol–water partition coefficient (Wildman–Crippen LogP) is 3.13. The first-order valence-corrected chi connectivity index (χ1v) is 11.8. The maximum absolute atomic E-state index is 12.1. The topological polar surface area (TPSA) is 87.7 Å². The fraction of sp³-hybridized carbons (Fsp3) is 1.00. The molecule has 0 aromatic heterocycles.